The minimum absolute atomic E-state index is 0.0906. The number of thiophene rings is 1. The third kappa shape index (κ3) is 2.87. The van der Waals surface area contributed by atoms with Crippen molar-refractivity contribution in [1.29, 1.82) is 0 Å². The molecule has 0 saturated heterocycles. The van der Waals surface area contributed by atoms with Gasteiger partial charge in [0.2, 0.25) is 5.91 Å². The Balaban J connectivity index is 2.31. The quantitative estimate of drug-likeness (QED) is 0.808. The topological polar surface area (TPSA) is 43.1 Å². The Morgan fingerprint density at radius 2 is 2.58 bits per heavy atom. The SMILES string of the molecule is CC(SCc1cccs1)C(N)=O. The maximum atomic E-state index is 10.7. The lowest BCUT2D eigenvalue weighted by Crippen LogP contribution is -2.22. The predicted molar refractivity (Wildman–Crippen MR) is 54.3 cm³/mol. The summed E-state index contributed by atoms with van der Waals surface area (Å²) in [5.74, 6) is 0.637. The van der Waals surface area contributed by atoms with E-state index in [2.05, 4.69) is 6.07 Å². The standard InChI is InChI=1S/C8H11NOS2/c1-6(8(9)10)12-5-7-3-2-4-11-7/h2-4,6H,5H2,1H3,(H2,9,10). The van der Waals surface area contributed by atoms with Crippen LogP contribution in [-0.2, 0) is 10.5 Å². The first-order valence-corrected chi connectivity index (χ1v) is 5.56. The molecule has 4 heteroatoms. The number of carbonyl (C=O) groups is 1. The molecule has 2 nitrogen and oxygen atoms in total. The molecule has 1 heterocycles. The van der Waals surface area contributed by atoms with E-state index < -0.39 is 0 Å². The summed E-state index contributed by atoms with van der Waals surface area (Å²) in [6, 6.07) is 4.07. The molecule has 0 aliphatic carbocycles. The molecule has 0 saturated carbocycles. The van der Waals surface area contributed by atoms with Crippen LogP contribution in [0.25, 0.3) is 0 Å². The van der Waals surface area contributed by atoms with Crippen LogP contribution < -0.4 is 5.73 Å². The number of amides is 1. The van der Waals surface area contributed by atoms with Gasteiger partial charge in [-0.1, -0.05) is 6.07 Å². The summed E-state index contributed by atoms with van der Waals surface area (Å²) >= 11 is 3.28. The van der Waals surface area contributed by atoms with E-state index in [9.17, 15) is 4.79 Å². The Morgan fingerprint density at radius 1 is 1.83 bits per heavy atom. The molecule has 66 valence electrons. The molecule has 0 bridgehead atoms. The number of primary amides is 1. The average Bonchev–Trinajstić information content (AvgIpc) is 2.51. The lowest BCUT2D eigenvalue weighted by molar-refractivity contribution is -0.117. The van der Waals surface area contributed by atoms with Crippen LogP contribution in [0.15, 0.2) is 17.5 Å². The largest absolute Gasteiger partial charge is 0.369 e. The van der Waals surface area contributed by atoms with Crippen molar-refractivity contribution in [3.8, 4) is 0 Å². The smallest absolute Gasteiger partial charge is 0.230 e. The second kappa shape index (κ2) is 4.52. The molecule has 0 aliphatic rings. The van der Waals surface area contributed by atoms with Gasteiger partial charge in [-0.05, 0) is 18.4 Å². The molecule has 12 heavy (non-hydrogen) atoms. The molecular formula is C8H11NOS2. The zero-order valence-electron chi connectivity index (χ0n) is 6.82. The van der Waals surface area contributed by atoms with E-state index in [-0.39, 0.29) is 11.2 Å². The van der Waals surface area contributed by atoms with Crippen LogP contribution in [0.3, 0.4) is 0 Å². The summed E-state index contributed by atoms with van der Waals surface area (Å²) in [4.78, 5) is 11.9. The van der Waals surface area contributed by atoms with Gasteiger partial charge in [-0.3, -0.25) is 4.79 Å². The van der Waals surface area contributed by atoms with Gasteiger partial charge in [-0.2, -0.15) is 0 Å². The monoisotopic (exact) mass is 201 g/mol. The normalized spacial score (nSPS) is 12.8. The average molecular weight is 201 g/mol. The van der Waals surface area contributed by atoms with Gasteiger partial charge in [-0.15, -0.1) is 23.1 Å². The fourth-order valence-corrected chi connectivity index (χ4v) is 2.32. The third-order valence-corrected chi connectivity index (χ3v) is 3.73. The fraction of sp³-hybridized carbons (Fsp3) is 0.375. The van der Waals surface area contributed by atoms with E-state index in [0.717, 1.165) is 5.75 Å². The molecule has 0 aliphatic heterocycles. The number of thioether (sulfide) groups is 1. The number of nitrogens with two attached hydrogens (primary N) is 1. The summed E-state index contributed by atoms with van der Waals surface area (Å²) in [5.41, 5.74) is 5.12. The zero-order chi connectivity index (χ0) is 8.97. The van der Waals surface area contributed by atoms with Gasteiger partial charge < -0.3 is 5.73 Å². The van der Waals surface area contributed by atoms with Gasteiger partial charge in [0.05, 0.1) is 5.25 Å². The second-order valence-electron chi connectivity index (χ2n) is 2.43. The number of rotatable bonds is 4. The Hall–Kier alpha value is -0.480. The summed E-state index contributed by atoms with van der Waals surface area (Å²) in [5, 5.41) is 1.94. The van der Waals surface area contributed by atoms with Crippen molar-refractivity contribution in [3.63, 3.8) is 0 Å². The van der Waals surface area contributed by atoms with Crippen LogP contribution in [0.4, 0.5) is 0 Å². The van der Waals surface area contributed by atoms with Crippen molar-refractivity contribution in [3.05, 3.63) is 22.4 Å². The lowest BCUT2D eigenvalue weighted by atomic mass is 10.5. The van der Waals surface area contributed by atoms with Crippen LogP contribution in [0, 0.1) is 0 Å². The van der Waals surface area contributed by atoms with E-state index in [1.807, 2.05) is 18.4 Å². The van der Waals surface area contributed by atoms with Gasteiger partial charge in [0.25, 0.3) is 0 Å². The van der Waals surface area contributed by atoms with E-state index in [4.69, 9.17) is 5.73 Å². The Labute approximate surface area is 80.2 Å². The Kier molecular flexibility index (Phi) is 3.62. The van der Waals surface area contributed by atoms with Crippen molar-refractivity contribution in [2.45, 2.75) is 17.9 Å². The van der Waals surface area contributed by atoms with Gasteiger partial charge in [-0.25, -0.2) is 0 Å². The van der Waals surface area contributed by atoms with Crippen LogP contribution in [0.2, 0.25) is 0 Å². The molecule has 1 aromatic heterocycles. The molecule has 0 radical (unpaired) electrons. The van der Waals surface area contributed by atoms with Crippen LogP contribution in [-0.4, -0.2) is 11.2 Å². The highest BCUT2D eigenvalue weighted by atomic mass is 32.2. The predicted octanol–water partition coefficient (Wildman–Crippen LogP) is 1.86. The van der Waals surface area contributed by atoms with Crippen molar-refractivity contribution >= 4 is 29.0 Å². The van der Waals surface area contributed by atoms with Crippen LogP contribution in [0.1, 0.15) is 11.8 Å². The molecule has 1 amide bonds. The molecule has 0 spiro atoms. The van der Waals surface area contributed by atoms with Crippen LogP contribution >= 0.6 is 23.1 Å². The van der Waals surface area contributed by atoms with Crippen LogP contribution in [0.5, 0.6) is 0 Å². The van der Waals surface area contributed by atoms with Crippen molar-refractivity contribution in [2.75, 3.05) is 0 Å². The summed E-state index contributed by atoms with van der Waals surface area (Å²) in [6.45, 7) is 1.83. The number of hydrogen-bond donors (Lipinski definition) is 1. The first-order valence-electron chi connectivity index (χ1n) is 3.63. The van der Waals surface area contributed by atoms with Gasteiger partial charge in [0.15, 0.2) is 0 Å². The Bertz CT molecular complexity index is 246. The molecule has 1 rings (SSSR count). The second-order valence-corrected chi connectivity index (χ2v) is 4.80. The van der Waals surface area contributed by atoms with Gasteiger partial charge in [0.1, 0.15) is 0 Å². The Morgan fingerprint density at radius 3 is 3.08 bits per heavy atom. The zero-order valence-corrected chi connectivity index (χ0v) is 8.45. The molecule has 1 aromatic rings. The van der Waals surface area contributed by atoms with Crippen molar-refractivity contribution < 1.29 is 4.79 Å². The first-order chi connectivity index (χ1) is 5.70. The molecule has 0 fully saturated rings. The van der Waals surface area contributed by atoms with Gasteiger partial charge >= 0.3 is 0 Å². The van der Waals surface area contributed by atoms with Crippen molar-refractivity contribution in [1.82, 2.24) is 0 Å². The summed E-state index contributed by atoms with van der Waals surface area (Å²) in [6.07, 6.45) is 0. The maximum absolute atomic E-state index is 10.7. The van der Waals surface area contributed by atoms with E-state index in [1.54, 1.807) is 23.1 Å². The summed E-state index contributed by atoms with van der Waals surface area (Å²) in [7, 11) is 0. The minimum Gasteiger partial charge on any atom is -0.369 e. The maximum Gasteiger partial charge on any atom is 0.230 e. The van der Waals surface area contributed by atoms with E-state index in [1.165, 1.54) is 4.88 Å². The first kappa shape index (κ1) is 9.61. The molecule has 1 atom stereocenters. The van der Waals surface area contributed by atoms with Crippen molar-refractivity contribution in [2.24, 2.45) is 5.73 Å². The fourth-order valence-electron chi connectivity index (χ4n) is 0.684. The molecule has 2 N–H and O–H groups in total. The highest BCUT2D eigenvalue weighted by Crippen LogP contribution is 2.20. The molecular weight excluding hydrogens is 190 g/mol. The summed E-state index contributed by atoms with van der Waals surface area (Å²) < 4.78 is 0. The molecule has 1 unspecified atom stereocenters. The minimum atomic E-state index is -0.239. The third-order valence-electron chi connectivity index (χ3n) is 1.46. The van der Waals surface area contributed by atoms with Gasteiger partial charge in [0, 0.05) is 10.6 Å². The van der Waals surface area contributed by atoms with E-state index in [0.29, 0.717) is 0 Å². The number of carbonyl (C=O) groups excluding carboxylic acids is 1. The highest BCUT2D eigenvalue weighted by molar-refractivity contribution is 7.99. The lowest BCUT2D eigenvalue weighted by Gasteiger charge is -2.04. The van der Waals surface area contributed by atoms with E-state index >= 15 is 0 Å². The number of hydrogen-bond acceptors (Lipinski definition) is 3. The molecule has 0 aromatic carbocycles. The highest BCUT2D eigenvalue weighted by Gasteiger charge is 2.08.